The smallest absolute Gasteiger partial charge is 0.171 e. The Hall–Kier alpha value is -1.06. The van der Waals surface area contributed by atoms with Gasteiger partial charge in [-0.1, -0.05) is 31.5 Å². The number of hydrogen-bond acceptors (Lipinski definition) is 3. The molecule has 2 atom stereocenters. The molecule has 0 aromatic heterocycles. The van der Waals surface area contributed by atoms with Crippen molar-refractivity contribution in [1.82, 2.24) is 0 Å². The molecule has 0 saturated heterocycles. The molecule has 3 heteroatoms. The number of para-hydroxylation sites is 1. The molecule has 0 fully saturated rings. The largest absolute Gasteiger partial charge is 0.336 e. The Morgan fingerprint density at radius 2 is 2.13 bits per heavy atom. The van der Waals surface area contributed by atoms with Gasteiger partial charge in [-0.3, -0.25) is 0 Å². The molecule has 1 aliphatic rings. The van der Waals surface area contributed by atoms with Crippen LogP contribution < -0.4 is 10.6 Å². The van der Waals surface area contributed by atoms with Crippen molar-refractivity contribution in [1.29, 1.82) is 0 Å². The molecule has 0 amide bonds. The van der Waals surface area contributed by atoms with E-state index < -0.39 is 5.60 Å². The molecule has 0 radical (unpaired) electrons. The van der Waals surface area contributed by atoms with E-state index in [1.807, 2.05) is 31.2 Å². The molecule has 0 bridgehead atoms. The van der Waals surface area contributed by atoms with Crippen LogP contribution in [0.15, 0.2) is 24.3 Å². The van der Waals surface area contributed by atoms with Crippen molar-refractivity contribution < 1.29 is 9.78 Å². The fourth-order valence-corrected chi connectivity index (χ4v) is 1.97. The summed E-state index contributed by atoms with van der Waals surface area (Å²) in [6.45, 7) is 4.10. The van der Waals surface area contributed by atoms with Gasteiger partial charge in [0.25, 0.3) is 0 Å². The van der Waals surface area contributed by atoms with Gasteiger partial charge in [0.2, 0.25) is 0 Å². The van der Waals surface area contributed by atoms with E-state index in [1.165, 1.54) is 0 Å². The van der Waals surface area contributed by atoms with E-state index in [0.29, 0.717) is 0 Å². The average molecular weight is 207 g/mol. The van der Waals surface area contributed by atoms with Crippen molar-refractivity contribution in [3.05, 3.63) is 29.8 Å². The fourth-order valence-electron chi connectivity index (χ4n) is 1.97. The predicted octanol–water partition coefficient (Wildman–Crippen LogP) is 2.35. The molecule has 2 rings (SSSR count). The van der Waals surface area contributed by atoms with Crippen molar-refractivity contribution in [3.8, 4) is 5.75 Å². The van der Waals surface area contributed by atoms with Crippen molar-refractivity contribution >= 4 is 0 Å². The summed E-state index contributed by atoms with van der Waals surface area (Å²) in [6.07, 6.45) is 1.97. The van der Waals surface area contributed by atoms with Crippen LogP contribution in [0.1, 0.15) is 32.3 Å². The maximum atomic E-state index is 6.13. The van der Waals surface area contributed by atoms with Crippen molar-refractivity contribution in [2.75, 3.05) is 0 Å². The Labute approximate surface area is 90.1 Å². The molecule has 1 aliphatic heterocycles. The zero-order valence-electron chi connectivity index (χ0n) is 9.19. The van der Waals surface area contributed by atoms with E-state index in [4.69, 9.17) is 15.5 Å². The molecular weight excluding hydrogens is 190 g/mol. The maximum Gasteiger partial charge on any atom is 0.171 e. The van der Waals surface area contributed by atoms with Gasteiger partial charge in [-0.2, -0.15) is 4.89 Å². The molecule has 82 valence electrons. The second kappa shape index (κ2) is 3.83. The average Bonchev–Trinajstić information content (AvgIpc) is 2.59. The lowest BCUT2D eigenvalue weighted by atomic mass is 9.86. The van der Waals surface area contributed by atoms with Gasteiger partial charge in [-0.05, 0) is 19.4 Å². The summed E-state index contributed by atoms with van der Waals surface area (Å²) >= 11 is 0. The van der Waals surface area contributed by atoms with Gasteiger partial charge in [-0.25, -0.2) is 0 Å². The molecule has 0 aliphatic carbocycles. The lowest BCUT2D eigenvalue weighted by molar-refractivity contribution is -0.273. The van der Waals surface area contributed by atoms with Gasteiger partial charge in [0, 0.05) is 11.6 Å². The Kier molecular flexibility index (Phi) is 2.67. The van der Waals surface area contributed by atoms with Gasteiger partial charge in [0.05, 0.1) is 0 Å². The van der Waals surface area contributed by atoms with Crippen LogP contribution in [-0.2, 0) is 10.5 Å². The lowest BCUT2D eigenvalue weighted by Gasteiger charge is -2.27. The first-order chi connectivity index (χ1) is 7.18. The van der Waals surface area contributed by atoms with E-state index in [1.54, 1.807) is 0 Å². The van der Waals surface area contributed by atoms with Crippen LogP contribution in [0.2, 0.25) is 0 Å². The second-order valence-electron chi connectivity index (χ2n) is 4.17. The van der Waals surface area contributed by atoms with Crippen LogP contribution in [0.5, 0.6) is 5.75 Å². The summed E-state index contributed by atoms with van der Waals surface area (Å²) in [5, 5.41) is 0. The van der Waals surface area contributed by atoms with Gasteiger partial charge < -0.3 is 10.6 Å². The maximum absolute atomic E-state index is 6.13. The van der Waals surface area contributed by atoms with Crippen LogP contribution in [0, 0.1) is 0 Å². The number of hydrogen-bond donors (Lipinski definition) is 1. The zero-order chi connectivity index (χ0) is 10.9. The molecule has 1 aromatic carbocycles. The lowest BCUT2D eigenvalue weighted by Crippen LogP contribution is -2.43. The van der Waals surface area contributed by atoms with Crippen molar-refractivity contribution in [3.63, 3.8) is 0 Å². The van der Waals surface area contributed by atoms with E-state index in [9.17, 15) is 0 Å². The quantitative estimate of drug-likeness (QED) is 0.774. The van der Waals surface area contributed by atoms with Crippen LogP contribution in [0.3, 0.4) is 0 Å². The summed E-state index contributed by atoms with van der Waals surface area (Å²) in [5.74, 6) is 0.784. The minimum atomic E-state index is -0.507. The SMILES string of the molecule is CCCC(N)C1(C)OOc2ccccc21. The predicted molar refractivity (Wildman–Crippen MR) is 58.4 cm³/mol. The van der Waals surface area contributed by atoms with E-state index in [0.717, 1.165) is 24.2 Å². The van der Waals surface area contributed by atoms with Gasteiger partial charge >= 0.3 is 0 Å². The standard InChI is InChI=1S/C12H17NO2/c1-3-6-11(13)12(2)9-7-4-5-8-10(9)14-15-12/h4-5,7-8,11H,3,6,13H2,1-2H3. The summed E-state index contributed by atoms with van der Waals surface area (Å²) in [4.78, 5) is 10.6. The summed E-state index contributed by atoms with van der Waals surface area (Å²) in [5.41, 5.74) is 6.67. The third-order valence-corrected chi connectivity index (χ3v) is 3.03. The summed E-state index contributed by atoms with van der Waals surface area (Å²) < 4.78 is 0. The highest BCUT2D eigenvalue weighted by Gasteiger charge is 2.43. The molecule has 1 aromatic rings. The Bertz CT molecular complexity index is 353. The van der Waals surface area contributed by atoms with Crippen LogP contribution in [-0.4, -0.2) is 6.04 Å². The highest BCUT2D eigenvalue weighted by Crippen LogP contribution is 2.42. The minimum Gasteiger partial charge on any atom is -0.336 e. The number of nitrogens with two attached hydrogens (primary N) is 1. The monoisotopic (exact) mass is 207 g/mol. The minimum absolute atomic E-state index is 0.0360. The van der Waals surface area contributed by atoms with E-state index in [2.05, 4.69) is 6.92 Å². The Morgan fingerprint density at radius 3 is 2.87 bits per heavy atom. The highest BCUT2D eigenvalue weighted by atomic mass is 17.2. The normalized spacial score (nSPS) is 25.8. The van der Waals surface area contributed by atoms with Crippen molar-refractivity contribution in [2.24, 2.45) is 5.73 Å². The third-order valence-electron chi connectivity index (χ3n) is 3.03. The molecule has 1 heterocycles. The first-order valence-corrected chi connectivity index (χ1v) is 5.39. The molecule has 2 N–H and O–H groups in total. The molecule has 0 spiro atoms. The van der Waals surface area contributed by atoms with Crippen LogP contribution >= 0.6 is 0 Å². The summed E-state index contributed by atoms with van der Waals surface area (Å²) in [6, 6.07) is 7.79. The Morgan fingerprint density at radius 1 is 1.40 bits per heavy atom. The number of rotatable bonds is 3. The molecule has 0 saturated carbocycles. The second-order valence-corrected chi connectivity index (χ2v) is 4.17. The molecule has 3 nitrogen and oxygen atoms in total. The molecule has 2 unspecified atom stereocenters. The Balaban J connectivity index is 2.32. The number of fused-ring (bicyclic) bond motifs is 1. The summed E-state index contributed by atoms with van der Waals surface area (Å²) in [7, 11) is 0. The van der Waals surface area contributed by atoms with Crippen molar-refractivity contribution in [2.45, 2.75) is 38.3 Å². The van der Waals surface area contributed by atoms with Crippen LogP contribution in [0.4, 0.5) is 0 Å². The molecule has 15 heavy (non-hydrogen) atoms. The third kappa shape index (κ3) is 1.62. The zero-order valence-corrected chi connectivity index (χ0v) is 9.19. The van der Waals surface area contributed by atoms with Gasteiger partial charge in [-0.15, -0.1) is 0 Å². The van der Waals surface area contributed by atoms with Gasteiger partial charge in [0.15, 0.2) is 11.4 Å². The molecular formula is C12H17NO2. The topological polar surface area (TPSA) is 44.5 Å². The fraction of sp³-hybridized carbons (Fsp3) is 0.500. The van der Waals surface area contributed by atoms with E-state index in [-0.39, 0.29) is 6.04 Å². The van der Waals surface area contributed by atoms with Crippen LogP contribution in [0.25, 0.3) is 0 Å². The first-order valence-electron chi connectivity index (χ1n) is 5.39. The van der Waals surface area contributed by atoms with E-state index >= 15 is 0 Å². The first kappa shape index (κ1) is 10.5. The highest BCUT2D eigenvalue weighted by molar-refractivity contribution is 5.40. The van der Waals surface area contributed by atoms with Gasteiger partial charge in [0.1, 0.15) is 0 Å². The number of benzene rings is 1.